The van der Waals surface area contributed by atoms with Crippen molar-refractivity contribution in [3.8, 4) is 10.6 Å². The van der Waals surface area contributed by atoms with Gasteiger partial charge >= 0.3 is 11.9 Å². The van der Waals surface area contributed by atoms with E-state index < -0.39 is 28.9 Å². The van der Waals surface area contributed by atoms with E-state index >= 15 is 0 Å². The fourth-order valence-electron chi connectivity index (χ4n) is 3.97. The molecule has 5 rings (SSSR count). The SMILES string of the molecule is Cc1cc(Cn2c(=O)c3c(ncn3CC(=O)Nc3csc(-c4cnc(C)c(C(F)(F)F)c4)n3)n(C)c2=O)no1. The van der Waals surface area contributed by atoms with E-state index in [1.807, 2.05) is 0 Å². The maximum atomic E-state index is 13.3. The third kappa shape index (κ3) is 4.97. The highest BCUT2D eigenvalue weighted by atomic mass is 32.1. The number of pyridine rings is 1. The Morgan fingerprint density at radius 1 is 1.18 bits per heavy atom. The van der Waals surface area contributed by atoms with Crippen LogP contribution in [0.2, 0.25) is 0 Å². The van der Waals surface area contributed by atoms with Crippen molar-refractivity contribution in [2.75, 3.05) is 5.32 Å². The first kappa shape index (κ1) is 26.0. The second kappa shape index (κ2) is 9.61. The summed E-state index contributed by atoms with van der Waals surface area (Å²) in [6.07, 6.45) is -2.02. The Kier molecular flexibility index (Phi) is 6.41. The number of nitrogens with one attached hydrogen (secondary N) is 1. The summed E-state index contributed by atoms with van der Waals surface area (Å²) in [6.45, 7) is 2.46. The molecule has 0 fully saturated rings. The van der Waals surface area contributed by atoms with E-state index in [9.17, 15) is 27.6 Å². The largest absolute Gasteiger partial charge is 0.418 e. The minimum atomic E-state index is -4.56. The molecule has 1 amide bonds. The van der Waals surface area contributed by atoms with E-state index in [1.54, 1.807) is 13.0 Å². The number of aromatic nitrogens is 7. The Morgan fingerprint density at radius 3 is 2.64 bits per heavy atom. The maximum Gasteiger partial charge on any atom is 0.418 e. The van der Waals surface area contributed by atoms with Gasteiger partial charge in [0.2, 0.25) is 5.91 Å². The number of amides is 1. The molecule has 202 valence electrons. The average Bonchev–Trinajstić information content (AvgIpc) is 3.60. The number of alkyl halides is 3. The number of rotatable bonds is 6. The summed E-state index contributed by atoms with van der Waals surface area (Å²) in [6, 6.07) is 2.56. The topological polar surface area (TPSA) is 143 Å². The predicted molar refractivity (Wildman–Crippen MR) is 133 cm³/mol. The molecule has 0 aliphatic heterocycles. The van der Waals surface area contributed by atoms with Gasteiger partial charge in [0.25, 0.3) is 5.56 Å². The van der Waals surface area contributed by atoms with Crippen molar-refractivity contribution in [3.05, 3.63) is 73.6 Å². The van der Waals surface area contributed by atoms with E-state index in [0.717, 1.165) is 22.0 Å². The van der Waals surface area contributed by atoms with Crippen LogP contribution in [0.1, 0.15) is 22.7 Å². The number of carbonyl (C=O) groups is 1. The molecule has 0 aliphatic carbocycles. The first-order chi connectivity index (χ1) is 18.4. The molecule has 16 heteroatoms. The zero-order valence-corrected chi connectivity index (χ0v) is 21.4. The molecule has 0 radical (unpaired) electrons. The van der Waals surface area contributed by atoms with Crippen LogP contribution in [0.25, 0.3) is 21.7 Å². The molecular weight excluding hydrogens is 541 g/mol. The summed E-state index contributed by atoms with van der Waals surface area (Å²) in [7, 11) is 1.45. The molecule has 0 atom stereocenters. The minimum absolute atomic E-state index is 0.0249. The third-order valence-corrected chi connectivity index (χ3v) is 6.71. The smallest absolute Gasteiger partial charge is 0.361 e. The van der Waals surface area contributed by atoms with Crippen LogP contribution < -0.4 is 16.6 Å². The van der Waals surface area contributed by atoms with Crippen LogP contribution in [-0.2, 0) is 31.1 Å². The second-order valence-electron chi connectivity index (χ2n) is 8.65. The average molecular weight is 561 g/mol. The Labute approximate surface area is 220 Å². The summed E-state index contributed by atoms with van der Waals surface area (Å²) in [5, 5.41) is 8.09. The molecule has 5 aromatic rings. The van der Waals surface area contributed by atoms with Crippen LogP contribution >= 0.6 is 11.3 Å². The number of hydrogen-bond donors (Lipinski definition) is 1. The lowest BCUT2D eigenvalue weighted by atomic mass is 10.1. The van der Waals surface area contributed by atoms with Gasteiger partial charge in [-0.25, -0.2) is 14.8 Å². The highest BCUT2D eigenvalue weighted by Crippen LogP contribution is 2.34. The van der Waals surface area contributed by atoms with Gasteiger partial charge in [-0.1, -0.05) is 5.16 Å². The predicted octanol–water partition coefficient (Wildman–Crippen LogP) is 2.73. The lowest BCUT2D eigenvalue weighted by Crippen LogP contribution is -2.40. The lowest BCUT2D eigenvalue weighted by molar-refractivity contribution is -0.138. The number of anilines is 1. The quantitative estimate of drug-likeness (QED) is 0.334. The van der Waals surface area contributed by atoms with E-state index in [4.69, 9.17) is 4.52 Å². The summed E-state index contributed by atoms with van der Waals surface area (Å²) in [5.74, 6) is 0.0585. The Morgan fingerprint density at radius 2 is 1.95 bits per heavy atom. The van der Waals surface area contributed by atoms with Gasteiger partial charge in [0.1, 0.15) is 28.8 Å². The Hall–Kier alpha value is -4.60. The van der Waals surface area contributed by atoms with Gasteiger partial charge in [-0.15, -0.1) is 11.3 Å². The number of imidazole rings is 1. The molecule has 0 aliphatic rings. The summed E-state index contributed by atoms with van der Waals surface area (Å²) in [4.78, 5) is 50.9. The first-order valence-corrected chi connectivity index (χ1v) is 12.2. The van der Waals surface area contributed by atoms with Gasteiger partial charge in [-0.3, -0.25) is 23.7 Å². The first-order valence-electron chi connectivity index (χ1n) is 11.3. The summed E-state index contributed by atoms with van der Waals surface area (Å²) < 4.78 is 48.2. The minimum Gasteiger partial charge on any atom is -0.361 e. The van der Waals surface area contributed by atoms with Crippen molar-refractivity contribution in [2.45, 2.75) is 33.1 Å². The molecule has 12 nitrogen and oxygen atoms in total. The fourth-order valence-corrected chi connectivity index (χ4v) is 4.71. The number of hydrogen-bond acceptors (Lipinski definition) is 9. The van der Waals surface area contributed by atoms with Crippen LogP contribution in [0.5, 0.6) is 0 Å². The van der Waals surface area contributed by atoms with E-state index in [1.165, 1.54) is 41.0 Å². The van der Waals surface area contributed by atoms with Crippen LogP contribution in [0, 0.1) is 13.8 Å². The molecular formula is C23H19F3N8O4S. The number of carbonyl (C=O) groups excluding carboxylic acids is 1. The van der Waals surface area contributed by atoms with Gasteiger partial charge in [0.05, 0.1) is 18.4 Å². The standard InChI is InChI=1S/C23H19F3N8O4S/c1-11-4-14(31-38-11)7-34-21(36)18-19(32(3)22(34)37)28-10-33(18)8-17(35)29-16-9-39-20(30-16)13-5-15(23(24,25)26)12(2)27-6-13/h4-6,9-10H,7-8H2,1-3H3,(H,29,35). The number of fused-ring (bicyclic) bond motifs is 1. The van der Waals surface area contributed by atoms with Crippen molar-refractivity contribution < 1.29 is 22.5 Å². The van der Waals surface area contributed by atoms with Crippen LogP contribution in [0.3, 0.4) is 0 Å². The van der Waals surface area contributed by atoms with Crippen molar-refractivity contribution in [1.29, 1.82) is 0 Å². The summed E-state index contributed by atoms with van der Waals surface area (Å²) >= 11 is 1.03. The fraction of sp³-hybridized carbons (Fsp3) is 0.261. The highest BCUT2D eigenvalue weighted by Gasteiger charge is 2.33. The molecule has 39 heavy (non-hydrogen) atoms. The molecule has 0 bridgehead atoms. The van der Waals surface area contributed by atoms with Crippen molar-refractivity contribution in [1.82, 2.24) is 33.8 Å². The number of thiazole rings is 1. The van der Waals surface area contributed by atoms with Gasteiger partial charge in [0, 0.05) is 35.9 Å². The number of aryl methyl sites for hydroxylation is 3. The normalized spacial score (nSPS) is 11.8. The Balaban J connectivity index is 1.39. The highest BCUT2D eigenvalue weighted by molar-refractivity contribution is 7.13. The van der Waals surface area contributed by atoms with Crippen LogP contribution in [-0.4, -0.2) is 39.7 Å². The van der Waals surface area contributed by atoms with Crippen molar-refractivity contribution in [2.24, 2.45) is 7.05 Å². The van der Waals surface area contributed by atoms with E-state index in [2.05, 4.69) is 25.4 Å². The van der Waals surface area contributed by atoms with Gasteiger partial charge in [-0.05, 0) is 19.9 Å². The van der Waals surface area contributed by atoms with Gasteiger partial charge in [0.15, 0.2) is 11.2 Å². The van der Waals surface area contributed by atoms with Crippen LogP contribution in [0.15, 0.2) is 44.1 Å². The number of nitrogens with zero attached hydrogens (tertiary/aromatic N) is 7. The van der Waals surface area contributed by atoms with Crippen LogP contribution in [0.4, 0.5) is 19.0 Å². The van der Waals surface area contributed by atoms with E-state index in [-0.39, 0.29) is 46.3 Å². The molecule has 0 aromatic carbocycles. The summed E-state index contributed by atoms with van der Waals surface area (Å²) in [5.41, 5.74) is -1.66. The Bertz CT molecular complexity index is 1850. The molecule has 1 N–H and O–H groups in total. The molecule has 5 heterocycles. The molecule has 0 unspecified atom stereocenters. The van der Waals surface area contributed by atoms with E-state index in [0.29, 0.717) is 11.5 Å². The van der Waals surface area contributed by atoms with Crippen molar-refractivity contribution in [3.63, 3.8) is 0 Å². The number of halogens is 3. The lowest BCUT2D eigenvalue weighted by Gasteiger charge is -2.10. The molecule has 5 aromatic heterocycles. The van der Waals surface area contributed by atoms with Gasteiger partial charge in [-0.2, -0.15) is 13.2 Å². The maximum absolute atomic E-state index is 13.3. The molecule has 0 spiro atoms. The molecule has 0 saturated carbocycles. The monoisotopic (exact) mass is 560 g/mol. The second-order valence-corrected chi connectivity index (χ2v) is 9.51. The third-order valence-electron chi connectivity index (χ3n) is 5.82. The van der Waals surface area contributed by atoms with Crippen molar-refractivity contribution >= 4 is 34.2 Å². The van der Waals surface area contributed by atoms with Gasteiger partial charge < -0.3 is 14.4 Å². The zero-order valence-electron chi connectivity index (χ0n) is 20.6. The zero-order chi connectivity index (χ0) is 28.1. The molecule has 0 saturated heterocycles.